The highest BCUT2D eigenvalue weighted by atomic mass is 32.2. The number of carbonyl (C=O) groups excluding carboxylic acids is 4. The summed E-state index contributed by atoms with van der Waals surface area (Å²) in [5, 5.41) is 15.5. The van der Waals surface area contributed by atoms with Gasteiger partial charge in [0.15, 0.2) is 0 Å². The largest absolute Gasteiger partial charge is 0.507 e. The molecule has 1 aromatic rings. The number of ether oxygens (including phenoxy) is 4. The predicted octanol–water partition coefficient (Wildman–Crippen LogP) is 2.05. The van der Waals surface area contributed by atoms with Gasteiger partial charge in [0.1, 0.15) is 35.8 Å². The Morgan fingerprint density at radius 2 is 2.00 bits per heavy atom. The van der Waals surface area contributed by atoms with E-state index in [4.69, 9.17) is 18.9 Å². The van der Waals surface area contributed by atoms with Gasteiger partial charge in [0.05, 0.1) is 19.3 Å². The van der Waals surface area contributed by atoms with Crippen LogP contribution in [0.2, 0.25) is 0 Å². The van der Waals surface area contributed by atoms with Gasteiger partial charge in [-0.05, 0) is 34.6 Å². The Balaban J connectivity index is 2.46. The Kier molecular flexibility index (Phi) is 9.64. The summed E-state index contributed by atoms with van der Waals surface area (Å²) in [4.78, 5) is 50.6. The highest BCUT2D eigenvalue weighted by Crippen LogP contribution is 2.36. The Hall–Kier alpha value is -3.15. The molecule has 11 nitrogen and oxygen atoms in total. The fraction of sp³-hybridized carbons (Fsp3) is 0.565. The first-order chi connectivity index (χ1) is 16.4. The third kappa shape index (κ3) is 7.67. The predicted molar refractivity (Wildman–Crippen MR) is 128 cm³/mol. The summed E-state index contributed by atoms with van der Waals surface area (Å²) < 4.78 is 20.9. The molecule has 0 bridgehead atoms. The number of aromatic hydroxyl groups is 1. The van der Waals surface area contributed by atoms with Crippen LogP contribution in [0.25, 0.3) is 0 Å². The van der Waals surface area contributed by atoms with Gasteiger partial charge < -0.3 is 34.7 Å². The van der Waals surface area contributed by atoms with Crippen molar-refractivity contribution in [1.29, 1.82) is 0 Å². The molecule has 1 aromatic carbocycles. The van der Waals surface area contributed by atoms with Gasteiger partial charge in [0.25, 0.3) is 0 Å². The number of amides is 2. The van der Waals surface area contributed by atoms with E-state index in [1.165, 1.54) is 24.9 Å². The summed E-state index contributed by atoms with van der Waals surface area (Å²) in [5.74, 6) is -1.89. The van der Waals surface area contributed by atoms with Crippen molar-refractivity contribution in [2.45, 2.75) is 58.1 Å². The van der Waals surface area contributed by atoms with Crippen molar-refractivity contribution >= 4 is 35.7 Å². The molecule has 3 N–H and O–H groups in total. The molecular weight excluding hydrogens is 480 g/mol. The lowest BCUT2D eigenvalue weighted by Gasteiger charge is -2.25. The second-order valence-corrected chi connectivity index (χ2v) is 9.73. The van der Waals surface area contributed by atoms with Crippen LogP contribution in [0.15, 0.2) is 6.07 Å². The van der Waals surface area contributed by atoms with Crippen molar-refractivity contribution in [3.8, 4) is 11.5 Å². The maximum Gasteiger partial charge on any atom is 0.408 e. The number of phenols is 1. The minimum Gasteiger partial charge on any atom is -0.507 e. The average molecular weight is 513 g/mol. The fourth-order valence-corrected chi connectivity index (χ4v) is 4.32. The van der Waals surface area contributed by atoms with E-state index >= 15 is 0 Å². The van der Waals surface area contributed by atoms with Crippen molar-refractivity contribution in [2.75, 3.05) is 26.1 Å². The summed E-state index contributed by atoms with van der Waals surface area (Å²) in [7, 11) is 1.19. The standard InChI is InChI=1S/C23H32N2O9S/c1-7-32-17-8-16(26)13-10-35-11-15(20(28)31-6)24-19(27)14(25-22(30)34-23(3,4)5)9-33-21(29)18(13)12(17)2/h8,14-15,26H,7,9-11H2,1-6H3,(H,24,27)(H,25,30)/t14-,15-/m0/s1. The molecule has 0 aliphatic carbocycles. The molecule has 2 amide bonds. The highest BCUT2D eigenvalue weighted by molar-refractivity contribution is 7.98. The third-order valence-corrected chi connectivity index (χ3v) is 5.91. The van der Waals surface area contributed by atoms with Crippen LogP contribution in [0.3, 0.4) is 0 Å². The van der Waals surface area contributed by atoms with Crippen LogP contribution >= 0.6 is 11.8 Å². The Bertz CT molecular complexity index is 975. The minimum absolute atomic E-state index is 0.0811. The first-order valence-corrected chi connectivity index (χ1v) is 12.1. The number of hydrogen-bond donors (Lipinski definition) is 3. The lowest BCUT2D eigenvalue weighted by molar-refractivity contribution is -0.144. The molecular formula is C23H32N2O9S. The summed E-state index contributed by atoms with van der Waals surface area (Å²) in [6.07, 6.45) is -0.905. The number of alkyl carbamates (subject to hydrolysis) is 1. The van der Waals surface area contributed by atoms with E-state index in [2.05, 4.69) is 10.6 Å². The number of cyclic esters (lactones) is 1. The van der Waals surface area contributed by atoms with Crippen molar-refractivity contribution < 1.29 is 43.2 Å². The van der Waals surface area contributed by atoms with E-state index in [0.717, 1.165) is 0 Å². The van der Waals surface area contributed by atoms with Gasteiger partial charge in [0.2, 0.25) is 5.91 Å². The van der Waals surface area contributed by atoms with Crippen LogP contribution in [0.4, 0.5) is 4.79 Å². The lowest BCUT2D eigenvalue weighted by Crippen LogP contribution is -2.55. The molecule has 12 heteroatoms. The normalized spacial score (nSPS) is 19.1. The van der Waals surface area contributed by atoms with Crippen molar-refractivity contribution in [2.24, 2.45) is 0 Å². The molecule has 35 heavy (non-hydrogen) atoms. The third-order valence-electron chi connectivity index (χ3n) is 4.85. The number of carbonyl (C=O) groups is 4. The summed E-state index contributed by atoms with van der Waals surface area (Å²) in [6, 6.07) is -0.994. The van der Waals surface area contributed by atoms with Gasteiger partial charge in [-0.1, -0.05) is 0 Å². The van der Waals surface area contributed by atoms with Gasteiger partial charge in [-0.2, -0.15) is 11.8 Å². The Morgan fingerprint density at radius 3 is 2.60 bits per heavy atom. The molecule has 2 atom stereocenters. The van der Waals surface area contributed by atoms with E-state index in [9.17, 15) is 24.3 Å². The monoisotopic (exact) mass is 512 g/mol. The number of methoxy groups -OCH3 is 1. The smallest absolute Gasteiger partial charge is 0.408 e. The second-order valence-electron chi connectivity index (χ2n) is 8.70. The molecule has 0 spiro atoms. The molecule has 0 radical (unpaired) electrons. The summed E-state index contributed by atoms with van der Waals surface area (Å²) in [5.41, 5.74) is 0.00507. The number of phenolic OH excluding ortho intramolecular Hbond substituents is 1. The highest BCUT2D eigenvalue weighted by Gasteiger charge is 2.32. The summed E-state index contributed by atoms with van der Waals surface area (Å²) in [6.45, 7) is 8.14. The number of esters is 2. The number of nitrogens with one attached hydrogen (secondary N) is 2. The fourth-order valence-electron chi connectivity index (χ4n) is 3.25. The Morgan fingerprint density at radius 1 is 1.31 bits per heavy atom. The zero-order valence-corrected chi connectivity index (χ0v) is 21.5. The SMILES string of the molecule is CCOc1cc(O)c2c(c1C)C(=O)OC[C@H](NC(=O)OC(C)(C)C)C(=O)N[C@H](C(=O)OC)CSC2. The zero-order valence-electron chi connectivity index (χ0n) is 20.7. The van der Waals surface area contributed by atoms with Crippen molar-refractivity contribution in [1.82, 2.24) is 10.6 Å². The van der Waals surface area contributed by atoms with Crippen LogP contribution in [0.1, 0.15) is 49.2 Å². The van der Waals surface area contributed by atoms with Crippen LogP contribution < -0.4 is 15.4 Å². The topological polar surface area (TPSA) is 149 Å². The number of thioether (sulfide) groups is 1. The van der Waals surface area contributed by atoms with Crippen LogP contribution in [-0.2, 0) is 29.6 Å². The maximum atomic E-state index is 13.1. The Labute approximate surface area is 208 Å². The van der Waals surface area contributed by atoms with Gasteiger partial charge in [-0.15, -0.1) is 0 Å². The van der Waals surface area contributed by atoms with Crippen LogP contribution in [-0.4, -0.2) is 72.8 Å². The molecule has 0 aromatic heterocycles. The minimum atomic E-state index is -1.36. The number of rotatable bonds is 4. The van der Waals surface area contributed by atoms with Crippen molar-refractivity contribution in [3.63, 3.8) is 0 Å². The number of hydrogen-bond acceptors (Lipinski definition) is 10. The molecule has 0 saturated carbocycles. The molecule has 194 valence electrons. The quantitative estimate of drug-likeness (QED) is 0.404. The molecule has 0 fully saturated rings. The van der Waals surface area contributed by atoms with Gasteiger partial charge in [0, 0.05) is 28.7 Å². The van der Waals surface area contributed by atoms with Crippen LogP contribution in [0, 0.1) is 6.92 Å². The van der Waals surface area contributed by atoms with Gasteiger partial charge in [-0.3, -0.25) is 4.79 Å². The second kappa shape index (κ2) is 12.0. The zero-order chi connectivity index (χ0) is 26.3. The number of fused-ring (bicyclic) bond motifs is 1. The lowest BCUT2D eigenvalue weighted by atomic mass is 10.0. The molecule has 1 aliphatic heterocycles. The van der Waals surface area contributed by atoms with Crippen LogP contribution in [0.5, 0.6) is 11.5 Å². The van der Waals surface area contributed by atoms with E-state index in [1.807, 2.05) is 0 Å². The van der Waals surface area contributed by atoms with E-state index in [1.54, 1.807) is 34.6 Å². The molecule has 0 saturated heterocycles. The van der Waals surface area contributed by atoms with Crippen molar-refractivity contribution in [3.05, 3.63) is 22.8 Å². The maximum absolute atomic E-state index is 13.1. The van der Waals surface area contributed by atoms with Gasteiger partial charge >= 0.3 is 18.0 Å². The van der Waals surface area contributed by atoms with E-state index < -0.39 is 48.2 Å². The first-order valence-electron chi connectivity index (χ1n) is 11.0. The van der Waals surface area contributed by atoms with Gasteiger partial charge in [-0.25, -0.2) is 14.4 Å². The molecule has 1 heterocycles. The average Bonchev–Trinajstić information content (AvgIpc) is 2.76. The molecule has 1 aliphatic rings. The molecule has 0 unspecified atom stereocenters. The van der Waals surface area contributed by atoms with E-state index in [0.29, 0.717) is 23.5 Å². The number of benzene rings is 1. The first kappa shape index (κ1) is 28.1. The van der Waals surface area contributed by atoms with E-state index in [-0.39, 0.29) is 22.8 Å². The summed E-state index contributed by atoms with van der Waals surface area (Å²) >= 11 is 1.20. The molecule has 2 rings (SSSR count).